The van der Waals surface area contributed by atoms with Gasteiger partial charge in [0, 0.05) is 42.8 Å². The number of aliphatic hydroxyl groups is 1. The Bertz CT molecular complexity index is 964. The Kier molecular flexibility index (Phi) is 6.21. The summed E-state index contributed by atoms with van der Waals surface area (Å²) in [5.41, 5.74) is 2.90. The quantitative estimate of drug-likeness (QED) is 0.651. The van der Waals surface area contributed by atoms with Crippen molar-refractivity contribution in [1.82, 2.24) is 9.47 Å². The summed E-state index contributed by atoms with van der Waals surface area (Å²) in [5.74, 6) is 1.33. The van der Waals surface area contributed by atoms with Gasteiger partial charge in [-0.25, -0.2) is 0 Å². The third-order valence-corrected chi connectivity index (χ3v) is 4.89. The van der Waals surface area contributed by atoms with Crippen LogP contribution in [0.3, 0.4) is 0 Å². The number of ether oxygens (including phenoxy) is 2. The lowest BCUT2D eigenvalue weighted by Gasteiger charge is -2.23. The molecule has 6 nitrogen and oxygen atoms in total. The van der Waals surface area contributed by atoms with Crippen LogP contribution in [0.25, 0.3) is 10.9 Å². The van der Waals surface area contributed by atoms with Crippen LogP contribution in [0.5, 0.6) is 11.5 Å². The summed E-state index contributed by atoms with van der Waals surface area (Å²) in [4.78, 5) is 14.7. The minimum absolute atomic E-state index is 0.0460. The van der Waals surface area contributed by atoms with E-state index >= 15 is 0 Å². The first kappa shape index (κ1) is 19.8. The maximum Gasteiger partial charge on any atom is 0.227 e. The van der Waals surface area contributed by atoms with Gasteiger partial charge in [-0.2, -0.15) is 0 Å². The summed E-state index contributed by atoms with van der Waals surface area (Å²) in [6.45, 7) is 0.488. The Labute approximate surface area is 164 Å². The Balaban J connectivity index is 1.85. The number of nitrogens with zero attached hydrogens (tertiary/aromatic N) is 2. The molecule has 1 aromatic heterocycles. The zero-order valence-electron chi connectivity index (χ0n) is 16.5. The molecule has 6 heteroatoms. The van der Waals surface area contributed by atoms with Crippen LogP contribution in [0.4, 0.5) is 0 Å². The zero-order chi connectivity index (χ0) is 20.1. The van der Waals surface area contributed by atoms with Gasteiger partial charge in [-0.1, -0.05) is 18.2 Å². The fraction of sp³-hybridized carbons (Fsp3) is 0.318. The largest absolute Gasteiger partial charge is 0.497 e. The lowest BCUT2D eigenvalue weighted by Crippen LogP contribution is -2.34. The third kappa shape index (κ3) is 4.12. The van der Waals surface area contributed by atoms with E-state index in [9.17, 15) is 9.90 Å². The van der Waals surface area contributed by atoms with Crippen LogP contribution in [0.2, 0.25) is 0 Å². The standard InChI is InChI=1S/C22H26N2O4/c1-23-14-16(19-6-4-5-7-20(19)23)13-22(26)24(10-11-25)15-17-12-18(27-2)8-9-21(17)28-3/h4-9,12,14,25H,10-11,13,15H2,1-3H3. The van der Waals surface area contributed by atoms with E-state index in [4.69, 9.17) is 9.47 Å². The van der Waals surface area contributed by atoms with Crippen molar-refractivity contribution in [3.05, 3.63) is 59.8 Å². The van der Waals surface area contributed by atoms with E-state index in [1.165, 1.54) is 0 Å². The minimum Gasteiger partial charge on any atom is -0.497 e. The van der Waals surface area contributed by atoms with Gasteiger partial charge in [0.05, 0.1) is 27.2 Å². The topological polar surface area (TPSA) is 63.9 Å². The fourth-order valence-corrected chi connectivity index (χ4v) is 3.46. The molecule has 0 radical (unpaired) electrons. The van der Waals surface area contributed by atoms with Crippen LogP contribution in [0.1, 0.15) is 11.1 Å². The van der Waals surface area contributed by atoms with Crippen molar-refractivity contribution in [2.45, 2.75) is 13.0 Å². The molecule has 148 valence electrons. The van der Waals surface area contributed by atoms with Crippen molar-refractivity contribution in [3.63, 3.8) is 0 Å². The van der Waals surface area contributed by atoms with Gasteiger partial charge in [0.1, 0.15) is 11.5 Å². The molecule has 0 aliphatic heterocycles. The van der Waals surface area contributed by atoms with E-state index in [0.29, 0.717) is 18.0 Å². The molecular weight excluding hydrogens is 356 g/mol. The molecule has 0 saturated carbocycles. The first-order valence-corrected chi connectivity index (χ1v) is 9.19. The Morgan fingerprint density at radius 2 is 1.89 bits per heavy atom. The lowest BCUT2D eigenvalue weighted by atomic mass is 10.1. The molecule has 0 fully saturated rings. The van der Waals surface area contributed by atoms with Gasteiger partial charge >= 0.3 is 0 Å². The van der Waals surface area contributed by atoms with Gasteiger partial charge < -0.3 is 24.0 Å². The summed E-state index contributed by atoms with van der Waals surface area (Å²) in [5, 5.41) is 10.5. The fourth-order valence-electron chi connectivity index (χ4n) is 3.46. The van der Waals surface area contributed by atoms with Crippen molar-refractivity contribution in [2.24, 2.45) is 7.05 Å². The number of aryl methyl sites for hydroxylation is 1. The number of carbonyl (C=O) groups excluding carboxylic acids is 1. The zero-order valence-corrected chi connectivity index (χ0v) is 16.5. The van der Waals surface area contributed by atoms with E-state index < -0.39 is 0 Å². The second kappa shape index (κ2) is 8.80. The van der Waals surface area contributed by atoms with Crippen LogP contribution in [-0.2, 0) is 24.8 Å². The molecular formula is C22H26N2O4. The second-order valence-corrected chi connectivity index (χ2v) is 6.68. The maximum absolute atomic E-state index is 13.0. The van der Waals surface area contributed by atoms with Crippen LogP contribution in [0.15, 0.2) is 48.7 Å². The Hall–Kier alpha value is -2.99. The van der Waals surface area contributed by atoms with Gasteiger partial charge in [-0.15, -0.1) is 0 Å². The lowest BCUT2D eigenvalue weighted by molar-refractivity contribution is -0.131. The molecule has 1 amide bonds. The third-order valence-electron chi connectivity index (χ3n) is 4.89. The number of amides is 1. The van der Waals surface area contributed by atoms with Crippen molar-refractivity contribution < 1.29 is 19.4 Å². The highest BCUT2D eigenvalue weighted by atomic mass is 16.5. The maximum atomic E-state index is 13.0. The van der Waals surface area contributed by atoms with E-state index in [1.807, 2.05) is 60.3 Å². The number of benzene rings is 2. The molecule has 1 heterocycles. The van der Waals surface area contributed by atoms with Crippen LogP contribution in [0, 0.1) is 0 Å². The van der Waals surface area contributed by atoms with E-state index in [1.54, 1.807) is 19.1 Å². The number of aliphatic hydroxyl groups excluding tert-OH is 1. The minimum atomic E-state index is -0.104. The summed E-state index contributed by atoms with van der Waals surface area (Å²) in [6.07, 6.45) is 2.26. The van der Waals surface area contributed by atoms with Crippen molar-refractivity contribution in [1.29, 1.82) is 0 Å². The van der Waals surface area contributed by atoms with Gasteiger partial charge in [-0.05, 0) is 29.8 Å². The average Bonchev–Trinajstić information content (AvgIpc) is 3.03. The molecule has 28 heavy (non-hydrogen) atoms. The number of methoxy groups -OCH3 is 2. The van der Waals surface area contributed by atoms with E-state index in [2.05, 4.69) is 0 Å². The van der Waals surface area contributed by atoms with Crippen LogP contribution < -0.4 is 9.47 Å². The molecule has 0 aliphatic rings. The number of para-hydroxylation sites is 1. The Morgan fingerprint density at radius 3 is 2.61 bits per heavy atom. The summed E-state index contributed by atoms with van der Waals surface area (Å²) in [7, 11) is 5.17. The first-order valence-electron chi connectivity index (χ1n) is 9.19. The molecule has 0 atom stereocenters. The van der Waals surface area contributed by atoms with E-state index in [-0.39, 0.29) is 25.5 Å². The van der Waals surface area contributed by atoms with Crippen molar-refractivity contribution in [3.8, 4) is 11.5 Å². The van der Waals surface area contributed by atoms with Gasteiger partial charge in [-0.3, -0.25) is 4.79 Å². The molecule has 0 bridgehead atoms. The molecule has 3 rings (SSSR count). The number of fused-ring (bicyclic) bond motifs is 1. The predicted molar refractivity (Wildman–Crippen MR) is 109 cm³/mol. The SMILES string of the molecule is COc1ccc(OC)c(CN(CCO)C(=O)Cc2cn(C)c3ccccc23)c1. The van der Waals surface area contributed by atoms with Crippen molar-refractivity contribution in [2.75, 3.05) is 27.4 Å². The molecule has 1 N–H and O–H groups in total. The highest BCUT2D eigenvalue weighted by Gasteiger charge is 2.19. The first-order chi connectivity index (χ1) is 13.6. The number of hydrogen-bond acceptors (Lipinski definition) is 4. The Morgan fingerprint density at radius 1 is 1.11 bits per heavy atom. The molecule has 2 aromatic carbocycles. The van der Waals surface area contributed by atoms with Gasteiger partial charge in [0.2, 0.25) is 5.91 Å². The summed E-state index contributed by atoms with van der Waals surface area (Å²) >= 11 is 0. The normalized spacial score (nSPS) is 10.9. The molecule has 0 spiro atoms. The molecule has 0 saturated heterocycles. The highest BCUT2D eigenvalue weighted by Crippen LogP contribution is 2.26. The monoisotopic (exact) mass is 382 g/mol. The van der Waals surface area contributed by atoms with Crippen LogP contribution in [-0.4, -0.2) is 47.9 Å². The second-order valence-electron chi connectivity index (χ2n) is 6.68. The summed E-state index contributed by atoms with van der Waals surface area (Å²) in [6, 6.07) is 13.5. The highest BCUT2D eigenvalue weighted by molar-refractivity contribution is 5.89. The molecule has 0 unspecified atom stereocenters. The number of rotatable bonds is 8. The molecule has 3 aromatic rings. The smallest absolute Gasteiger partial charge is 0.227 e. The van der Waals surface area contributed by atoms with Gasteiger partial charge in [0.25, 0.3) is 0 Å². The summed E-state index contributed by atoms with van der Waals surface area (Å²) < 4.78 is 12.7. The van der Waals surface area contributed by atoms with E-state index in [0.717, 1.165) is 22.0 Å². The number of hydrogen-bond donors (Lipinski definition) is 1. The average molecular weight is 382 g/mol. The van der Waals surface area contributed by atoms with Crippen molar-refractivity contribution >= 4 is 16.8 Å². The predicted octanol–water partition coefficient (Wildman–Crippen LogP) is 2.76. The van der Waals surface area contributed by atoms with Crippen LogP contribution >= 0.6 is 0 Å². The number of carbonyl (C=O) groups is 1. The number of aromatic nitrogens is 1. The molecule has 0 aliphatic carbocycles. The van der Waals surface area contributed by atoms with Gasteiger partial charge in [0.15, 0.2) is 0 Å².